The van der Waals surface area contributed by atoms with E-state index in [0.29, 0.717) is 5.88 Å². The molecular formula is C10H12ClN3S. The van der Waals surface area contributed by atoms with Crippen LogP contribution in [0, 0.1) is 6.92 Å². The number of thiazole rings is 1. The summed E-state index contributed by atoms with van der Waals surface area (Å²) in [5, 5.41) is 7.39. The summed E-state index contributed by atoms with van der Waals surface area (Å²) in [6, 6.07) is 0. The molecule has 2 aromatic heterocycles. The summed E-state index contributed by atoms with van der Waals surface area (Å²) in [5.41, 5.74) is 3.20. The Hall–Kier alpha value is -0.870. The topological polar surface area (TPSA) is 30.7 Å². The normalized spacial score (nSPS) is 10.9. The van der Waals surface area contributed by atoms with Gasteiger partial charge in [-0.2, -0.15) is 5.10 Å². The fourth-order valence-electron chi connectivity index (χ4n) is 1.45. The van der Waals surface area contributed by atoms with Crippen molar-refractivity contribution in [1.29, 1.82) is 0 Å². The van der Waals surface area contributed by atoms with Gasteiger partial charge in [0.2, 0.25) is 0 Å². The summed E-state index contributed by atoms with van der Waals surface area (Å²) in [6.07, 6.45) is 2.83. The summed E-state index contributed by atoms with van der Waals surface area (Å²) in [6.45, 7) is 2.00. The lowest BCUT2D eigenvalue weighted by molar-refractivity contribution is 0.756. The Morgan fingerprint density at radius 1 is 1.53 bits per heavy atom. The number of hydrogen-bond donors (Lipinski definition) is 0. The maximum Gasteiger partial charge on any atom is 0.127 e. The van der Waals surface area contributed by atoms with Crippen LogP contribution in [-0.2, 0) is 13.5 Å². The van der Waals surface area contributed by atoms with E-state index in [1.54, 1.807) is 11.3 Å². The molecule has 0 atom stereocenters. The number of aryl methyl sites for hydroxylation is 3. The molecule has 15 heavy (non-hydrogen) atoms. The van der Waals surface area contributed by atoms with E-state index < -0.39 is 0 Å². The van der Waals surface area contributed by atoms with Crippen molar-refractivity contribution < 1.29 is 0 Å². The van der Waals surface area contributed by atoms with Crippen LogP contribution in [-0.4, -0.2) is 20.6 Å². The van der Waals surface area contributed by atoms with Crippen molar-refractivity contribution in [3.8, 4) is 10.6 Å². The zero-order valence-corrected chi connectivity index (χ0v) is 10.3. The second-order valence-corrected chi connectivity index (χ2v) is 4.62. The van der Waals surface area contributed by atoms with Crippen LogP contribution in [0.3, 0.4) is 0 Å². The first-order valence-corrected chi connectivity index (χ1v) is 6.13. The van der Waals surface area contributed by atoms with E-state index in [9.17, 15) is 0 Å². The first kappa shape index (κ1) is 10.6. The third kappa shape index (κ3) is 2.21. The van der Waals surface area contributed by atoms with Gasteiger partial charge >= 0.3 is 0 Å². The van der Waals surface area contributed by atoms with Crippen LogP contribution in [0.4, 0.5) is 0 Å². The lowest BCUT2D eigenvalue weighted by Crippen LogP contribution is -1.86. The average Bonchev–Trinajstić information content (AvgIpc) is 2.73. The van der Waals surface area contributed by atoms with Crippen molar-refractivity contribution in [2.24, 2.45) is 7.05 Å². The molecule has 2 aromatic rings. The van der Waals surface area contributed by atoms with Crippen LogP contribution in [0.1, 0.15) is 11.4 Å². The summed E-state index contributed by atoms with van der Waals surface area (Å²) in [7, 11) is 1.92. The molecule has 2 rings (SSSR count). The Bertz CT molecular complexity index is 461. The number of aromatic nitrogens is 3. The lowest BCUT2D eigenvalue weighted by Gasteiger charge is -1.91. The zero-order chi connectivity index (χ0) is 10.8. The minimum atomic E-state index is 0.620. The van der Waals surface area contributed by atoms with Gasteiger partial charge in [-0.25, -0.2) is 4.98 Å². The molecule has 0 amide bonds. The van der Waals surface area contributed by atoms with Crippen molar-refractivity contribution in [3.05, 3.63) is 23.0 Å². The summed E-state index contributed by atoms with van der Waals surface area (Å²) >= 11 is 7.32. The van der Waals surface area contributed by atoms with Crippen molar-refractivity contribution >= 4 is 22.9 Å². The Labute approximate surface area is 97.7 Å². The van der Waals surface area contributed by atoms with Crippen LogP contribution < -0.4 is 0 Å². The maximum atomic E-state index is 5.67. The highest BCUT2D eigenvalue weighted by atomic mass is 35.5. The van der Waals surface area contributed by atoms with Crippen LogP contribution in [0.15, 0.2) is 11.6 Å². The zero-order valence-electron chi connectivity index (χ0n) is 8.70. The molecule has 0 bridgehead atoms. The highest BCUT2D eigenvalue weighted by molar-refractivity contribution is 7.13. The highest BCUT2D eigenvalue weighted by Gasteiger charge is 2.09. The molecule has 0 aliphatic rings. The molecule has 2 heterocycles. The fraction of sp³-hybridized carbons (Fsp3) is 0.400. The second-order valence-electron chi connectivity index (χ2n) is 3.38. The van der Waals surface area contributed by atoms with Gasteiger partial charge in [-0.15, -0.1) is 22.9 Å². The number of alkyl halides is 1. The Kier molecular flexibility index (Phi) is 3.07. The highest BCUT2D eigenvalue weighted by Crippen LogP contribution is 2.26. The molecule has 0 saturated heterocycles. The number of rotatable bonds is 3. The monoisotopic (exact) mass is 241 g/mol. The average molecular weight is 242 g/mol. The molecule has 0 unspecified atom stereocenters. The van der Waals surface area contributed by atoms with Gasteiger partial charge in [-0.3, -0.25) is 4.68 Å². The fourth-order valence-corrected chi connectivity index (χ4v) is 2.56. The van der Waals surface area contributed by atoms with Crippen molar-refractivity contribution in [2.75, 3.05) is 5.88 Å². The van der Waals surface area contributed by atoms with Gasteiger partial charge in [0.05, 0.1) is 17.0 Å². The Morgan fingerprint density at radius 2 is 2.33 bits per heavy atom. The van der Waals surface area contributed by atoms with Crippen molar-refractivity contribution in [3.63, 3.8) is 0 Å². The van der Waals surface area contributed by atoms with E-state index in [1.807, 2.05) is 24.9 Å². The molecule has 0 aromatic carbocycles. The van der Waals surface area contributed by atoms with Crippen LogP contribution >= 0.6 is 22.9 Å². The van der Waals surface area contributed by atoms with E-state index in [-0.39, 0.29) is 0 Å². The lowest BCUT2D eigenvalue weighted by atomic mass is 10.3. The van der Waals surface area contributed by atoms with Crippen molar-refractivity contribution in [1.82, 2.24) is 14.8 Å². The SMILES string of the molecule is Cc1nn(C)cc1-c1nc(CCCl)cs1. The number of hydrogen-bond acceptors (Lipinski definition) is 3. The molecule has 0 radical (unpaired) electrons. The van der Waals surface area contributed by atoms with E-state index in [4.69, 9.17) is 11.6 Å². The molecule has 0 saturated carbocycles. The van der Waals surface area contributed by atoms with E-state index >= 15 is 0 Å². The van der Waals surface area contributed by atoms with Crippen molar-refractivity contribution in [2.45, 2.75) is 13.3 Å². The Balaban J connectivity index is 2.32. The van der Waals surface area contributed by atoms with Crippen LogP contribution in [0.25, 0.3) is 10.6 Å². The molecule has 0 aliphatic carbocycles. The van der Waals surface area contributed by atoms with Gasteiger partial charge in [0.15, 0.2) is 0 Å². The van der Waals surface area contributed by atoms with Crippen LogP contribution in [0.5, 0.6) is 0 Å². The first-order valence-electron chi connectivity index (χ1n) is 4.71. The van der Waals surface area contributed by atoms with Crippen LogP contribution in [0.2, 0.25) is 0 Å². The second kappa shape index (κ2) is 4.33. The van der Waals surface area contributed by atoms with E-state index in [2.05, 4.69) is 15.5 Å². The molecule has 80 valence electrons. The minimum absolute atomic E-state index is 0.620. The van der Waals surface area contributed by atoms with Gasteiger partial charge in [-0.1, -0.05) is 0 Å². The summed E-state index contributed by atoms with van der Waals surface area (Å²) in [5.74, 6) is 0.620. The molecule has 0 spiro atoms. The molecule has 5 heteroatoms. The van der Waals surface area contributed by atoms with Gasteiger partial charge in [0, 0.05) is 30.9 Å². The molecule has 0 aliphatic heterocycles. The largest absolute Gasteiger partial charge is 0.275 e. The van der Waals surface area contributed by atoms with E-state index in [0.717, 1.165) is 28.4 Å². The molecule has 0 fully saturated rings. The number of halogens is 1. The molecular weight excluding hydrogens is 230 g/mol. The molecule has 0 N–H and O–H groups in total. The Morgan fingerprint density at radius 3 is 2.93 bits per heavy atom. The van der Waals surface area contributed by atoms with Gasteiger partial charge < -0.3 is 0 Å². The third-order valence-electron chi connectivity index (χ3n) is 2.15. The maximum absolute atomic E-state index is 5.67. The predicted molar refractivity (Wildman–Crippen MR) is 63.5 cm³/mol. The third-order valence-corrected chi connectivity index (χ3v) is 3.26. The predicted octanol–water partition coefficient (Wildman–Crippen LogP) is 2.63. The molecule has 3 nitrogen and oxygen atoms in total. The van der Waals surface area contributed by atoms with Gasteiger partial charge in [0.25, 0.3) is 0 Å². The number of nitrogens with zero attached hydrogens (tertiary/aromatic N) is 3. The van der Waals surface area contributed by atoms with E-state index in [1.165, 1.54) is 0 Å². The van der Waals surface area contributed by atoms with Gasteiger partial charge in [-0.05, 0) is 6.92 Å². The minimum Gasteiger partial charge on any atom is -0.275 e. The smallest absolute Gasteiger partial charge is 0.127 e. The summed E-state index contributed by atoms with van der Waals surface area (Å²) < 4.78 is 1.81. The van der Waals surface area contributed by atoms with Gasteiger partial charge in [0.1, 0.15) is 5.01 Å². The summed E-state index contributed by atoms with van der Waals surface area (Å²) in [4.78, 5) is 4.53. The first-order chi connectivity index (χ1) is 7.20. The quantitative estimate of drug-likeness (QED) is 0.774. The standard InChI is InChI=1S/C10H12ClN3S/c1-7-9(5-14(2)13-7)10-12-8(3-4-11)6-15-10/h5-6H,3-4H2,1-2H3.